The van der Waals surface area contributed by atoms with E-state index in [9.17, 15) is 9.59 Å². The number of nitrogens with zero attached hydrogens (tertiary/aromatic N) is 2. The second kappa shape index (κ2) is 4.50. The number of carbonyl (C=O) groups is 1. The van der Waals surface area contributed by atoms with Crippen LogP contribution in [0.15, 0.2) is 28.5 Å². The van der Waals surface area contributed by atoms with Gasteiger partial charge in [0, 0.05) is 11.6 Å². The highest BCUT2D eigenvalue weighted by Gasteiger charge is 2.13. The SMILES string of the molecule is COC(=O)c1cccn(-c2nc(C)cs2)c1=O. The highest BCUT2D eigenvalue weighted by Crippen LogP contribution is 2.12. The molecule has 0 radical (unpaired) electrons. The van der Waals surface area contributed by atoms with Gasteiger partial charge in [0.1, 0.15) is 5.56 Å². The molecule has 2 heterocycles. The van der Waals surface area contributed by atoms with Gasteiger partial charge in [-0.25, -0.2) is 9.78 Å². The molecule has 0 saturated carbocycles. The molecule has 0 bridgehead atoms. The summed E-state index contributed by atoms with van der Waals surface area (Å²) in [5.74, 6) is -0.641. The summed E-state index contributed by atoms with van der Waals surface area (Å²) in [4.78, 5) is 27.6. The van der Waals surface area contributed by atoms with Gasteiger partial charge in [-0.1, -0.05) is 0 Å². The average molecular weight is 250 g/mol. The van der Waals surface area contributed by atoms with E-state index in [4.69, 9.17) is 0 Å². The lowest BCUT2D eigenvalue weighted by Crippen LogP contribution is -2.25. The smallest absolute Gasteiger partial charge is 0.343 e. The van der Waals surface area contributed by atoms with Crippen LogP contribution < -0.4 is 5.56 Å². The van der Waals surface area contributed by atoms with Crippen molar-refractivity contribution in [3.8, 4) is 5.13 Å². The van der Waals surface area contributed by atoms with Crippen molar-refractivity contribution in [2.75, 3.05) is 7.11 Å². The second-order valence-electron chi connectivity index (χ2n) is 3.36. The molecule has 2 aromatic rings. The van der Waals surface area contributed by atoms with Crippen molar-refractivity contribution in [2.45, 2.75) is 6.92 Å². The van der Waals surface area contributed by atoms with Gasteiger partial charge in [-0.15, -0.1) is 11.3 Å². The first-order chi connectivity index (χ1) is 8.13. The summed E-state index contributed by atoms with van der Waals surface area (Å²) < 4.78 is 5.88. The monoisotopic (exact) mass is 250 g/mol. The molecular weight excluding hydrogens is 240 g/mol. The number of carbonyl (C=O) groups excluding carboxylic acids is 1. The van der Waals surface area contributed by atoms with Gasteiger partial charge < -0.3 is 4.74 Å². The predicted octanol–water partition coefficient (Wildman–Crippen LogP) is 1.39. The minimum absolute atomic E-state index is 0.00264. The Labute approximate surface area is 101 Å². The Morgan fingerprint density at radius 1 is 1.53 bits per heavy atom. The minimum Gasteiger partial charge on any atom is -0.465 e. The molecule has 0 aliphatic rings. The van der Waals surface area contributed by atoms with Gasteiger partial charge in [-0.2, -0.15) is 0 Å². The van der Waals surface area contributed by atoms with Gasteiger partial charge in [-0.05, 0) is 19.1 Å². The first-order valence-electron chi connectivity index (χ1n) is 4.86. The number of aromatic nitrogens is 2. The summed E-state index contributed by atoms with van der Waals surface area (Å²) in [6, 6.07) is 3.05. The molecule has 0 amide bonds. The van der Waals surface area contributed by atoms with Crippen LogP contribution in [0.2, 0.25) is 0 Å². The number of ether oxygens (including phenoxy) is 1. The van der Waals surface area contributed by atoms with Gasteiger partial charge in [-0.3, -0.25) is 9.36 Å². The molecule has 0 spiro atoms. The van der Waals surface area contributed by atoms with Crippen LogP contribution in [0, 0.1) is 6.92 Å². The van der Waals surface area contributed by atoms with Crippen LogP contribution in [0.3, 0.4) is 0 Å². The summed E-state index contributed by atoms with van der Waals surface area (Å²) >= 11 is 1.34. The van der Waals surface area contributed by atoms with E-state index in [2.05, 4.69) is 9.72 Å². The predicted molar refractivity (Wildman–Crippen MR) is 63.8 cm³/mol. The van der Waals surface area contributed by atoms with E-state index in [0.717, 1.165) is 5.69 Å². The molecule has 17 heavy (non-hydrogen) atoms. The van der Waals surface area contributed by atoms with Crippen LogP contribution in [0.5, 0.6) is 0 Å². The molecule has 0 fully saturated rings. The van der Waals surface area contributed by atoms with Crippen molar-refractivity contribution in [3.05, 3.63) is 45.3 Å². The number of hydrogen-bond donors (Lipinski definition) is 0. The van der Waals surface area contributed by atoms with Crippen LogP contribution in [-0.4, -0.2) is 22.6 Å². The Kier molecular flexibility index (Phi) is 3.06. The Balaban J connectivity index is 2.57. The molecule has 0 unspecified atom stereocenters. The summed E-state index contributed by atoms with van der Waals surface area (Å²) in [6.45, 7) is 1.84. The molecular formula is C11H10N2O3S. The van der Waals surface area contributed by atoms with E-state index in [-0.39, 0.29) is 5.56 Å². The van der Waals surface area contributed by atoms with Crippen molar-refractivity contribution in [2.24, 2.45) is 0 Å². The zero-order valence-corrected chi connectivity index (χ0v) is 10.2. The first kappa shape index (κ1) is 11.5. The lowest BCUT2D eigenvalue weighted by molar-refractivity contribution is 0.0598. The van der Waals surface area contributed by atoms with E-state index in [0.29, 0.717) is 5.13 Å². The number of methoxy groups -OCH3 is 1. The van der Waals surface area contributed by atoms with Crippen molar-refractivity contribution < 1.29 is 9.53 Å². The third-order valence-electron chi connectivity index (χ3n) is 2.17. The fraction of sp³-hybridized carbons (Fsp3) is 0.182. The van der Waals surface area contributed by atoms with E-state index in [1.54, 1.807) is 12.3 Å². The molecule has 0 saturated heterocycles. The molecule has 2 aromatic heterocycles. The summed E-state index contributed by atoms with van der Waals surface area (Å²) in [7, 11) is 1.24. The van der Waals surface area contributed by atoms with Crippen LogP contribution >= 0.6 is 11.3 Å². The largest absolute Gasteiger partial charge is 0.465 e. The van der Waals surface area contributed by atoms with Crippen molar-refractivity contribution in [1.29, 1.82) is 0 Å². The summed E-state index contributed by atoms with van der Waals surface area (Å²) in [5.41, 5.74) is 0.414. The maximum Gasteiger partial charge on any atom is 0.343 e. The highest BCUT2D eigenvalue weighted by atomic mass is 32.1. The number of thiazole rings is 1. The third-order valence-corrected chi connectivity index (χ3v) is 3.12. The summed E-state index contributed by atoms with van der Waals surface area (Å²) in [5, 5.41) is 2.38. The topological polar surface area (TPSA) is 61.2 Å². The van der Waals surface area contributed by atoms with Crippen molar-refractivity contribution in [3.63, 3.8) is 0 Å². The lowest BCUT2D eigenvalue weighted by atomic mass is 10.3. The van der Waals surface area contributed by atoms with E-state index < -0.39 is 11.5 Å². The molecule has 0 N–H and O–H groups in total. The number of aryl methyl sites for hydroxylation is 1. The standard InChI is InChI=1S/C11H10N2O3S/c1-7-6-17-11(12-7)13-5-3-4-8(9(13)14)10(15)16-2/h3-6H,1-2H3. The van der Waals surface area contributed by atoms with Crippen LogP contribution in [-0.2, 0) is 4.74 Å². The third kappa shape index (κ3) is 2.12. The molecule has 0 aliphatic heterocycles. The fourth-order valence-electron chi connectivity index (χ4n) is 1.36. The molecule has 0 aromatic carbocycles. The van der Waals surface area contributed by atoms with E-state index in [1.807, 2.05) is 12.3 Å². The van der Waals surface area contributed by atoms with E-state index >= 15 is 0 Å². The van der Waals surface area contributed by atoms with Gasteiger partial charge in [0.05, 0.1) is 12.8 Å². The number of rotatable bonds is 2. The van der Waals surface area contributed by atoms with Crippen LogP contribution in [0.4, 0.5) is 0 Å². The second-order valence-corrected chi connectivity index (χ2v) is 4.20. The Morgan fingerprint density at radius 2 is 2.29 bits per heavy atom. The Morgan fingerprint density at radius 3 is 2.88 bits per heavy atom. The number of esters is 1. The normalized spacial score (nSPS) is 10.2. The molecule has 5 nitrogen and oxygen atoms in total. The molecule has 2 rings (SSSR count). The van der Waals surface area contributed by atoms with Crippen molar-refractivity contribution in [1.82, 2.24) is 9.55 Å². The van der Waals surface area contributed by atoms with Gasteiger partial charge in [0.2, 0.25) is 0 Å². The number of pyridine rings is 1. The van der Waals surface area contributed by atoms with Crippen molar-refractivity contribution >= 4 is 17.3 Å². The maximum atomic E-state index is 12.0. The molecule has 88 valence electrons. The summed E-state index contributed by atoms with van der Waals surface area (Å²) in [6.07, 6.45) is 1.58. The molecule has 0 aliphatic carbocycles. The van der Waals surface area contributed by atoms with Gasteiger partial charge in [0.15, 0.2) is 5.13 Å². The first-order valence-corrected chi connectivity index (χ1v) is 5.74. The fourth-order valence-corrected chi connectivity index (χ4v) is 2.14. The van der Waals surface area contributed by atoms with Crippen LogP contribution in [0.1, 0.15) is 16.1 Å². The molecule has 0 atom stereocenters. The zero-order valence-electron chi connectivity index (χ0n) is 9.34. The average Bonchev–Trinajstić information content (AvgIpc) is 2.75. The maximum absolute atomic E-state index is 12.0. The quantitative estimate of drug-likeness (QED) is 0.756. The number of hydrogen-bond acceptors (Lipinski definition) is 5. The minimum atomic E-state index is -0.641. The van der Waals surface area contributed by atoms with E-state index in [1.165, 1.54) is 29.1 Å². The van der Waals surface area contributed by atoms with Gasteiger partial charge in [0.25, 0.3) is 5.56 Å². The Bertz CT molecular complexity index is 615. The highest BCUT2D eigenvalue weighted by molar-refractivity contribution is 7.12. The lowest BCUT2D eigenvalue weighted by Gasteiger charge is -2.03. The molecule has 6 heteroatoms. The Hall–Kier alpha value is -1.95. The van der Waals surface area contributed by atoms with Crippen LogP contribution in [0.25, 0.3) is 5.13 Å². The van der Waals surface area contributed by atoms with Gasteiger partial charge >= 0.3 is 5.97 Å². The zero-order chi connectivity index (χ0) is 12.4.